The molecule has 2 saturated heterocycles. The van der Waals surface area contributed by atoms with Crippen molar-refractivity contribution in [1.29, 1.82) is 0 Å². The van der Waals surface area contributed by atoms with Crippen LogP contribution in [0, 0.1) is 13.8 Å². The van der Waals surface area contributed by atoms with Crippen molar-refractivity contribution in [3.8, 4) is 0 Å². The maximum atomic E-state index is 13.3. The molecular formula is C24H30N4O4. The van der Waals surface area contributed by atoms with Gasteiger partial charge in [0.05, 0.1) is 11.1 Å². The van der Waals surface area contributed by atoms with E-state index in [9.17, 15) is 9.59 Å². The first-order valence-electron chi connectivity index (χ1n) is 11.3. The number of piperazine rings is 2. The van der Waals surface area contributed by atoms with Crippen molar-refractivity contribution in [3.05, 3.63) is 34.8 Å². The summed E-state index contributed by atoms with van der Waals surface area (Å²) in [6.45, 7) is 9.90. The predicted molar refractivity (Wildman–Crippen MR) is 122 cm³/mol. The molecule has 0 aliphatic carbocycles. The minimum absolute atomic E-state index is 0.00860. The number of amides is 2. The quantitative estimate of drug-likeness (QED) is 0.612. The van der Waals surface area contributed by atoms with E-state index in [0.717, 1.165) is 37.0 Å². The summed E-state index contributed by atoms with van der Waals surface area (Å²) in [6, 6.07) is 3.72. The second-order valence-electron chi connectivity index (χ2n) is 9.10. The van der Waals surface area contributed by atoms with Crippen LogP contribution in [0.4, 0.5) is 0 Å². The fourth-order valence-electron chi connectivity index (χ4n) is 4.80. The Labute approximate surface area is 187 Å². The maximum Gasteiger partial charge on any atom is 0.258 e. The van der Waals surface area contributed by atoms with E-state index in [4.69, 9.17) is 8.83 Å². The zero-order valence-corrected chi connectivity index (χ0v) is 19.2. The monoisotopic (exact) mass is 438 g/mol. The van der Waals surface area contributed by atoms with E-state index >= 15 is 0 Å². The predicted octanol–water partition coefficient (Wildman–Crippen LogP) is 2.57. The van der Waals surface area contributed by atoms with E-state index in [1.807, 2.05) is 35.8 Å². The smallest absolute Gasteiger partial charge is 0.258 e. The van der Waals surface area contributed by atoms with E-state index in [0.29, 0.717) is 60.0 Å². The molecule has 2 fully saturated rings. The zero-order valence-electron chi connectivity index (χ0n) is 19.2. The SMILES string of the molecule is Cc1oc2cc3c(C(=O)N4CCN(C)CC4)c(C)oc3cc2c1C(=O)N1CCN(C)CC1. The summed E-state index contributed by atoms with van der Waals surface area (Å²) >= 11 is 0. The van der Waals surface area contributed by atoms with E-state index in [-0.39, 0.29) is 11.8 Å². The third kappa shape index (κ3) is 3.47. The van der Waals surface area contributed by atoms with E-state index in [2.05, 4.69) is 23.9 Å². The molecule has 2 aliphatic rings. The Morgan fingerprint density at radius 2 is 1.00 bits per heavy atom. The highest BCUT2D eigenvalue weighted by atomic mass is 16.3. The number of benzene rings is 1. The van der Waals surface area contributed by atoms with Gasteiger partial charge >= 0.3 is 0 Å². The van der Waals surface area contributed by atoms with Crippen molar-refractivity contribution >= 4 is 33.8 Å². The zero-order chi connectivity index (χ0) is 22.6. The highest BCUT2D eigenvalue weighted by Crippen LogP contribution is 2.35. The largest absolute Gasteiger partial charge is 0.460 e. The number of hydrogen-bond donors (Lipinski definition) is 0. The highest BCUT2D eigenvalue weighted by Gasteiger charge is 2.29. The van der Waals surface area contributed by atoms with Gasteiger partial charge in [-0.1, -0.05) is 0 Å². The van der Waals surface area contributed by atoms with Crippen molar-refractivity contribution in [3.63, 3.8) is 0 Å². The summed E-state index contributed by atoms with van der Waals surface area (Å²) in [6.07, 6.45) is 0. The van der Waals surface area contributed by atoms with Gasteiger partial charge in [-0.05, 0) is 40.1 Å². The number of rotatable bonds is 2. The normalized spacial score (nSPS) is 18.8. The van der Waals surface area contributed by atoms with Gasteiger partial charge < -0.3 is 28.4 Å². The summed E-state index contributed by atoms with van der Waals surface area (Å²) in [5.74, 6) is 1.18. The second kappa shape index (κ2) is 7.94. The standard InChI is InChI=1S/C24H30N4O4/c1-15-21(23(29)27-9-5-25(3)6-10-27)17-13-20-18(14-19(17)31-15)22(16(2)32-20)24(30)28-11-7-26(4)8-12-28/h13-14H,5-12H2,1-4H3. The lowest BCUT2D eigenvalue weighted by Crippen LogP contribution is -2.47. The van der Waals surface area contributed by atoms with E-state index in [1.165, 1.54) is 0 Å². The number of hydrogen-bond acceptors (Lipinski definition) is 6. The van der Waals surface area contributed by atoms with Gasteiger partial charge in [0.1, 0.15) is 22.7 Å². The lowest BCUT2D eigenvalue weighted by atomic mass is 10.0. The molecule has 32 heavy (non-hydrogen) atoms. The number of carbonyl (C=O) groups excluding carboxylic acids is 2. The van der Waals surface area contributed by atoms with Crippen molar-refractivity contribution in [2.75, 3.05) is 66.5 Å². The summed E-state index contributed by atoms with van der Waals surface area (Å²) in [7, 11) is 4.13. The summed E-state index contributed by atoms with van der Waals surface area (Å²) in [5.41, 5.74) is 2.40. The van der Waals surface area contributed by atoms with Gasteiger partial charge in [0.15, 0.2) is 0 Å². The molecule has 8 heteroatoms. The maximum absolute atomic E-state index is 13.3. The average Bonchev–Trinajstić information content (AvgIpc) is 3.26. The molecule has 0 spiro atoms. The van der Waals surface area contributed by atoms with Crippen molar-refractivity contribution in [2.45, 2.75) is 13.8 Å². The van der Waals surface area contributed by atoms with Crippen LogP contribution in [0.2, 0.25) is 0 Å². The molecule has 2 amide bonds. The van der Waals surface area contributed by atoms with E-state index in [1.54, 1.807) is 0 Å². The van der Waals surface area contributed by atoms with Gasteiger partial charge in [-0.2, -0.15) is 0 Å². The third-order valence-corrected chi connectivity index (χ3v) is 6.86. The van der Waals surface area contributed by atoms with Gasteiger partial charge in [0.25, 0.3) is 11.8 Å². The Hall–Kier alpha value is -2.84. The second-order valence-corrected chi connectivity index (χ2v) is 9.10. The molecule has 0 radical (unpaired) electrons. The first-order valence-corrected chi connectivity index (χ1v) is 11.3. The molecule has 8 nitrogen and oxygen atoms in total. The van der Waals surface area contributed by atoms with E-state index < -0.39 is 0 Å². The molecule has 4 heterocycles. The minimum atomic E-state index is -0.00860. The van der Waals surface area contributed by atoms with Crippen LogP contribution >= 0.6 is 0 Å². The first kappa shape index (κ1) is 21.0. The van der Waals surface area contributed by atoms with Crippen LogP contribution in [0.5, 0.6) is 0 Å². The first-order chi connectivity index (χ1) is 15.3. The third-order valence-electron chi connectivity index (χ3n) is 6.86. The van der Waals surface area contributed by atoms with Crippen LogP contribution in [0.3, 0.4) is 0 Å². The van der Waals surface area contributed by atoms with Gasteiger partial charge in [-0.25, -0.2) is 0 Å². The van der Waals surface area contributed by atoms with Crippen LogP contribution in [-0.4, -0.2) is 97.9 Å². The molecule has 170 valence electrons. The molecule has 0 bridgehead atoms. The fourth-order valence-corrected chi connectivity index (χ4v) is 4.80. The van der Waals surface area contributed by atoms with Gasteiger partial charge in [-0.3, -0.25) is 9.59 Å². The number of carbonyl (C=O) groups is 2. The summed E-state index contributed by atoms with van der Waals surface area (Å²) in [5, 5.41) is 1.48. The van der Waals surface area contributed by atoms with Crippen LogP contribution in [0.25, 0.3) is 21.9 Å². The molecule has 0 atom stereocenters. The summed E-state index contributed by atoms with van der Waals surface area (Å²) < 4.78 is 12.0. The number of likely N-dealkylation sites (N-methyl/N-ethyl adjacent to an activating group) is 2. The Morgan fingerprint density at radius 1 is 0.656 bits per heavy atom. The molecule has 2 aromatic heterocycles. The highest BCUT2D eigenvalue weighted by molar-refractivity contribution is 6.14. The minimum Gasteiger partial charge on any atom is -0.460 e. The summed E-state index contributed by atoms with van der Waals surface area (Å²) in [4.78, 5) is 34.8. The van der Waals surface area contributed by atoms with Crippen molar-refractivity contribution < 1.29 is 18.4 Å². The lowest BCUT2D eigenvalue weighted by molar-refractivity contribution is 0.0656. The van der Waals surface area contributed by atoms with Crippen molar-refractivity contribution in [2.24, 2.45) is 0 Å². The number of nitrogens with zero attached hydrogens (tertiary/aromatic N) is 4. The van der Waals surface area contributed by atoms with Gasteiger partial charge in [0.2, 0.25) is 0 Å². The fraction of sp³-hybridized carbons (Fsp3) is 0.500. The van der Waals surface area contributed by atoms with Crippen LogP contribution < -0.4 is 0 Å². The molecular weight excluding hydrogens is 408 g/mol. The van der Waals surface area contributed by atoms with Gasteiger partial charge in [-0.15, -0.1) is 0 Å². The molecule has 0 N–H and O–H groups in total. The van der Waals surface area contributed by atoms with Crippen LogP contribution in [0.15, 0.2) is 21.0 Å². The van der Waals surface area contributed by atoms with Crippen LogP contribution in [0.1, 0.15) is 32.2 Å². The Kier molecular flexibility index (Phi) is 5.22. The molecule has 0 unspecified atom stereocenters. The number of furan rings is 2. The average molecular weight is 439 g/mol. The number of aryl methyl sites for hydroxylation is 2. The van der Waals surface area contributed by atoms with Crippen LogP contribution in [-0.2, 0) is 0 Å². The molecule has 1 aromatic carbocycles. The topological polar surface area (TPSA) is 73.4 Å². The molecule has 5 rings (SSSR count). The van der Waals surface area contributed by atoms with Gasteiger partial charge in [0, 0.05) is 63.1 Å². The molecule has 3 aromatic rings. The Balaban J connectivity index is 1.53. The molecule has 2 aliphatic heterocycles. The Bertz CT molecular complexity index is 1100. The number of fused-ring (bicyclic) bond motifs is 2. The molecule has 0 saturated carbocycles. The lowest BCUT2D eigenvalue weighted by Gasteiger charge is -2.32. The Morgan fingerprint density at radius 3 is 1.34 bits per heavy atom. The van der Waals surface area contributed by atoms with Crippen molar-refractivity contribution in [1.82, 2.24) is 19.6 Å².